The first-order chi connectivity index (χ1) is 14.9. The molecule has 2 heterocycles. The number of rotatable bonds is 6. The first-order valence-corrected chi connectivity index (χ1v) is 11.2. The van der Waals surface area contributed by atoms with E-state index in [1.165, 1.54) is 6.07 Å². The number of nitrogens with zero attached hydrogens (tertiary/aromatic N) is 4. The van der Waals surface area contributed by atoms with Crippen LogP contribution in [-0.4, -0.2) is 41.4 Å². The van der Waals surface area contributed by atoms with E-state index in [0.29, 0.717) is 36.5 Å². The number of imidazole rings is 1. The summed E-state index contributed by atoms with van der Waals surface area (Å²) in [7, 11) is -2.16. The highest BCUT2D eigenvalue weighted by molar-refractivity contribution is 7.89. The van der Waals surface area contributed by atoms with Gasteiger partial charge in [-0.25, -0.2) is 13.4 Å². The number of aryl methyl sites for hydroxylation is 1. The zero-order chi connectivity index (χ0) is 22.0. The van der Waals surface area contributed by atoms with Crippen LogP contribution in [0, 0.1) is 11.3 Å². The van der Waals surface area contributed by atoms with E-state index in [2.05, 4.69) is 15.8 Å². The van der Waals surface area contributed by atoms with E-state index in [1.54, 1.807) is 65.3 Å². The molecule has 0 unspecified atom stereocenters. The molecule has 0 saturated carbocycles. The van der Waals surface area contributed by atoms with Gasteiger partial charge in [0.1, 0.15) is 11.9 Å². The molecule has 158 valence electrons. The second-order valence-electron chi connectivity index (χ2n) is 7.39. The van der Waals surface area contributed by atoms with Gasteiger partial charge in [0.2, 0.25) is 15.9 Å². The number of hydrogen-bond acceptors (Lipinski definition) is 5. The van der Waals surface area contributed by atoms with E-state index in [1.807, 2.05) is 6.07 Å². The Morgan fingerprint density at radius 3 is 2.77 bits per heavy atom. The maximum atomic E-state index is 13.2. The van der Waals surface area contributed by atoms with Crippen LogP contribution in [0.3, 0.4) is 0 Å². The maximum Gasteiger partial charge on any atom is 0.242 e. The van der Waals surface area contributed by atoms with Gasteiger partial charge in [0.05, 0.1) is 16.5 Å². The summed E-state index contributed by atoms with van der Waals surface area (Å²) in [5.74, 6) is 0.248. The van der Waals surface area contributed by atoms with Gasteiger partial charge in [0, 0.05) is 38.1 Å². The minimum absolute atomic E-state index is 0.0808. The molecule has 0 bridgehead atoms. The third kappa shape index (κ3) is 4.21. The van der Waals surface area contributed by atoms with Crippen LogP contribution in [0.1, 0.15) is 17.5 Å². The molecular formula is C22H21N5O3S. The Hall–Kier alpha value is -3.48. The molecule has 1 N–H and O–H groups in total. The number of benzene rings is 2. The lowest BCUT2D eigenvalue weighted by molar-refractivity contribution is -0.129. The first-order valence-electron chi connectivity index (χ1n) is 9.76. The molecule has 2 aromatic carbocycles. The van der Waals surface area contributed by atoms with Gasteiger partial charge in [-0.05, 0) is 36.2 Å². The lowest BCUT2D eigenvalue weighted by Gasteiger charge is -2.18. The number of amides is 1. The zero-order valence-electron chi connectivity index (χ0n) is 16.9. The number of hydrogen-bond donors (Lipinski definition) is 1. The molecule has 1 saturated heterocycles. The summed E-state index contributed by atoms with van der Waals surface area (Å²) in [6.07, 6.45) is 3.72. The van der Waals surface area contributed by atoms with Crippen LogP contribution in [0.15, 0.2) is 65.8 Å². The molecule has 1 aromatic heterocycles. The quantitative estimate of drug-likeness (QED) is 0.637. The van der Waals surface area contributed by atoms with Crippen LogP contribution < -0.4 is 4.72 Å². The van der Waals surface area contributed by atoms with Gasteiger partial charge in [-0.15, -0.1) is 0 Å². The van der Waals surface area contributed by atoms with E-state index < -0.39 is 16.1 Å². The Morgan fingerprint density at radius 2 is 2.03 bits per heavy atom. The van der Waals surface area contributed by atoms with Gasteiger partial charge in [0.15, 0.2) is 0 Å². The Morgan fingerprint density at radius 1 is 1.23 bits per heavy atom. The van der Waals surface area contributed by atoms with E-state index in [0.717, 1.165) is 5.56 Å². The highest BCUT2D eigenvalue weighted by atomic mass is 32.2. The van der Waals surface area contributed by atoms with Crippen molar-refractivity contribution in [2.75, 3.05) is 6.54 Å². The number of likely N-dealkylation sites (tertiary alicyclic amines) is 1. The molecule has 1 fully saturated rings. The van der Waals surface area contributed by atoms with E-state index >= 15 is 0 Å². The van der Waals surface area contributed by atoms with Gasteiger partial charge in [0.25, 0.3) is 0 Å². The third-order valence-corrected chi connectivity index (χ3v) is 6.79. The summed E-state index contributed by atoms with van der Waals surface area (Å²) < 4.78 is 30.6. The number of carbonyl (C=O) groups excluding carboxylic acids is 1. The molecular weight excluding hydrogens is 414 g/mol. The number of sulfonamides is 1. The normalized spacial score (nSPS) is 16.5. The summed E-state index contributed by atoms with van der Waals surface area (Å²) in [6.45, 7) is 0.764. The minimum atomic E-state index is -3.95. The van der Waals surface area contributed by atoms with Crippen molar-refractivity contribution in [2.24, 2.45) is 7.05 Å². The monoisotopic (exact) mass is 435 g/mol. The average molecular weight is 436 g/mol. The highest BCUT2D eigenvalue weighted by Crippen LogP contribution is 2.26. The Balaban J connectivity index is 1.53. The lowest BCUT2D eigenvalue weighted by atomic mass is 10.1. The number of aromatic nitrogens is 2. The van der Waals surface area contributed by atoms with Gasteiger partial charge >= 0.3 is 0 Å². The molecule has 1 aliphatic heterocycles. The molecule has 8 nitrogen and oxygen atoms in total. The predicted molar refractivity (Wildman–Crippen MR) is 114 cm³/mol. The van der Waals surface area contributed by atoms with Crippen molar-refractivity contribution in [1.82, 2.24) is 19.2 Å². The number of nitrogens with one attached hydrogen (secondary N) is 1. The van der Waals surface area contributed by atoms with Crippen molar-refractivity contribution < 1.29 is 13.2 Å². The van der Waals surface area contributed by atoms with Crippen LogP contribution in [0.2, 0.25) is 0 Å². The van der Waals surface area contributed by atoms with Gasteiger partial charge in [-0.3, -0.25) is 4.79 Å². The largest absolute Gasteiger partial charge is 0.337 e. The summed E-state index contributed by atoms with van der Waals surface area (Å²) in [4.78, 5) is 18.8. The van der Waals surface area contributed by atoms with E-state index in [-0.39, 0.29) is 10.8 Å². The molecule has 31 heavy (non-hydrogen) atoms. The number of nitriles is 1. The fraction of sp³-hybridized carbons (Fsp3) is 0.227. The fourth-order valence-corrected chi connectivity index (χ4v) is 5.15. The second kappa shape index (κ2) is 8.34. The molecule has 9 heteroatoms. The summed E-state index contributed by atoms with van der Waals surface area (Å²) in [5.41, 5.74) is 1.82. The summed E-state index contributed by atoms with van der Waals surface area (Å²) in [5, 5.41) is 9.05. The Kier molecular flexibility index (Phi) is 5.59. The van der Waals surface area contributed by atoms with E-state index in [9.17, 15) is 13.2 Å². The molecule has 1 amide bonds. The van der Waals surface area contributed by atoms with Crippen LogP contribution >= 0.6 is 0 Å². The molecule has 3 aromatic rings. The maximum absolute atomic E-state index is 13.2. The van der Waals surface area contributed by atoms with Crippen LogP contribution in [-0.2, 0) is 28.4 Å². The topological polar surface area (TPSA) is 108 Å². The van der Waals surface area contributed by atoms with E-state index in [4.69, 9.17) is 5.26 Å². The molecule has 1 atom stereocenters. The van der Waals surface area contributed by atoms with Crippen molar-refractivity contribution in [3.05, 3.63) is 72.1 Å². The van der Waals surface area contributed by atoms with Crippen molar-refractivity contribution >= 4 is 15.9 Å². The fourth-order valence-electron chi connectivity index (χ4n) is 3.73. The van der Waals surface area contributed by atoms with Gasteiger partial charge in [-0.2, -0.15) is 9.98 Å². The molecule has 4 rings (SSSR count). The van der Waals surface area contributed by atoms with Crippen molar-refractivity contribution in [2.45, 2.75) is 23.9 Å². The SMILES string of the molecule is Cn1ccnc1-c1ccccc1S(=O)(=O)N[C@H]1CCN(Cc2cccc(C#N)c2)C1=O. The van der Waals surface area contributed by atoms with Crippen LogP contribution in [0.4, 0.5) is 0 Å². The second-order valence-corrected chi connectivity index (χ2v) is 9.07. The molecule has 0 radical (unpaired) electrons. The standard InChI is InChI=1S/C22H21N5O3S/c1-26-12-10-24-21(26)18-7-2-3-8-20(18)31(29,30)25-19-9-11-27(22(19)28)15-17-6-4-5-16(13-17)14-23/h2-8,10,12-13,19,25H,9,11,15H2,1H3/t19-/m0/s1. The minimum Gasteiger partial charge on any atom is -0.337 e. The Labute approximate surface area is 180 Å². The van der Waals surface area contributed by atoms with Crippen molar-refractivity contribution in [1.29, 1.82) is 5.26 Å². The van der Waals surface area contributed by atoms with Crippen molar-refractivity contribution in [3.63, 3.8) is 0 Å². The Bertz CT molecular complexity index is 1280. The number of carbonyl (C=O) groups is 1. The zero-order valence-corrected chi connectivity index (χ0v) is 17.7. The summed E-state index contributed by atoms with van der Waals surface area (Å²) >= 11 is 0. The summed E-state index contributed by atoms with van der Waals surface area (Å²) in [6, 6.07) is 14.9. The average Bonchev–Trinajstić information content (AvgIpc) is 3.34. The van der Waals surface area contributed by atoms with Crippen molar-refractivity contribution in [3.8, 4) is 17.5 Å². The van der Waals surface area contributed by atoms with Crippen LogP contribution in [0.5, 0.6) is 0 Å². The first kappa shape index (κ1) is 20.8. The smallest absolute Gasteiger partial charge is 0.242 e. The van der Waals surface area contributed by atoms with Gasteiger partial charge in [-0.1, -0.05) is 24.3 Å². The van der Waals surface area contributed by atoms with Crippen LogP contribution in [0.25, 0.3) is 11.4 Å². The third-order valence-electron chi connectivity index (χ3n) is 5.26. The molecule has 0 aliphatic carbocycles. The molecule has 0 spiro atoms. The predicted octanol–water partition coefficient (Wildman–Crippen LogP) is 2.04. The lowest BCUT2D eigenvalue weighted by Crippen LogP contribution is -2.41. The highest BCUT2D eigenvalue weighted by Gasteiger charge is 2.35. The molecule has 1 aliphatic rings. The van der Waals surface area contributed by atoms with Gasteiger partial charge < -0.3 is 9.47 Å².